The van der Waals surface area contributed by atoms with E-state index in [-0.39, 0.29) is 5.92 Å². The lowest BCUT2D eigenvalue weighted by Gasteiger charge is -2.32. The van der Waals surface area contributed by atoms with E-state index in [9.17, 15) is 8.42 Å². The van der Waals surface area contributed by atoms with E-state index in [1.807, 2.05) is 0 Å². The Labute approximate surface area is 96.4 Å². The Morgan fingerprint density at radius 2 is 1.87 bits per heavy atom. The predicted octanol–water partition coefficient (Wildman–Crippen LogP) is -0.209. The second-order valence-electron chi connectivity index (χ2n) is 3.87. The number of thiocarbonyl (C=S) groups is 1. The molecule has 1 aliphatic rings. The van der Waals surface area contributed by atoms with Gasteiger partial charge in [-0.3, -0.25) is 0 Å². The molecule has 1 heterocycles. The van der Waals surface area contributed by atoms with E-state index in [1.165, 1.54) is 22.7 Å². The first-order chi connectivity index (χ1) is 6.85. The van der Waals surface area contributed by atoms with Crippen LogP contribution in [0.3, 0.4) is 0 Å². The van der Waals surface area contributed by atoms with Crippen molar-refractivity contribution in [1.29, 1.82) is 0 Å². The summed E-state index contributed by atoms with van der Waals surface area (Å²) in [4.78, 5) is 0.497. The highest BCUT2D eigenvalue weighted by Gasteiger charge is 2.30. The molecule has 1 saturated heterocycles. The molecule has 7 heteroatoms. The molecule has 0 unspecified atom stereocenters. The van der Waals surface area contributed by atoms with Crippen LogP contribution in [0, 0.1) is 5.92 Å². The van der Waals surface area contributed by atoms with Crippen LogP contribution in [0.1, 0.15) is 12.8 Å². The second-order valence-corrected chi connectivity index (χ2v) is 6.48. The fraction of sp³-hybridized carbons (Fsp3) is 0.875. The van der Waals surface area contributed by atoms with Gasteiger partial charge in [-0.15, -0.1) is 0 Å². The zero-order valence-electron chi connectivity index (χ0n) is 9.01. The van der Waals surface area contributed by atoms with Crippen molar-refractivity contribution >= 4 is 27.4 Å². The molecule has 0 amide bonds. The quantitative estimate of drug-likeness (QED) is 0.705. The van der Waals surface area contributed by atoms with Crippen LogP contribution in [0.2, 0.25) is 0 Å². The predicted molar refractivity (Wildman–Crippen MR) is 63.7 cm³/mol. The Balaban J connectivity index is 2.62. The third-order valence-corrected chi connectivity index (χ3v) is 4.92. The van der Waals surface area contributed by atoms with Crippen molar-refractivity contribution in [3.8, 4) is 0 Å². The summed E-state index contributed by atoms with van der Waals surface area (Å²) in [5, 5.41) is 0. The summed E-state index contributed by atoms with van der Waals surface area (Å²) >= 11 is 4.90. The van der Waals surface area contributed by atoms with Gasteiger partial charge in [0, 0.05) is 33.1 Å². The standard InChI is InChI=1S/C8H17N3O2S2/c1-10(2)15(12,13)11-5-3-7(4-6-11)8(9)14/h7H,3-6H2,1-2H3,(H2,9,14). The minimum atomic E-state index is -3.27. The highest BCUT2D eigenvalue weighted by atomic mass is 32.2. The Kier molecular flexibility index (Phi) is 4.05. The summed E-state index contributed by atoms with van der Waals surface area (Å²) in [6, 6.07) is 0. The number of hydrogen-bond acceptors (Lipinski definition) is 3. The smallest absolute Gasteiger partial charge is 0.281 e. The van der Waals surface area contributed by atoms with Gasteiger partial charge in [0.05, 0.1) is 4.99 Å². The second kappa shape index (κ2) is 4.73. The molecule has 0 bridgehead atoms. The molecule has 5 nitrogen and oxygen atoms in total. The molecule has 0 saturated carbocycles. The maximum absolute atomic E-state index is 11.7. The molecular weight excluding hydrogens is 234 g/mol. The van der Waals surface area contributed by atoms with Crippen LogP contribution in [0.25, 0.3) is 0 Å². The third-order valence-electron chi connectivity index (χ3n) is 2.64. The molecule has 0 radical (unpaired) electrons. The average Bonchev–Trinajstić information content (AvgIpc) is 2.17. The molecular formula is C8H17N3O2S2. The number of rotatable bonds is 3. The summed E-state index contributed by atoms with van der Waals surface area (Å²) in [5.74, 6) is 0.189. The van der Waals surface area contributed by atoms with Crippen molar-refractivity contribution in [2.75, 3.05) is 27.2 Å². The van der Waals surface area contributed by atoms with Crippen LogP contribution in [0.4, 0.5) is 0 Å². The van der Waals surface area contributed by atoms with Crippen LogP contribution in [0.5, 0.6) is 0 Å². The van der Waals surface area contributed by atoms with Gasteiger partial charge in [0.2, 0.25) is 0 Å². The van der Waals surface area contributed by atoms with Crippen molar-refractivity contribution in [3.05, 3.63) is 0 Å². The molecule has 0 aromatic heterocycles. The minimum Gasteiger partial charge on any atom is -0.393 e. The molecule has 0 aliphatic carbocycles. The Morgan fingerprint density at radius 1 is 1.40 bits per heavy atom. The molecule has 15 heavy (non-hydrogen) atoms. The van der Waals surface area contributed by atoms with Crippen molar-refractivity contribution in [2.45, 2.75) is 12.8 Å². The minimum absolute atomic E-state index is 0.189. The van der Waals surface area contributed by atoms with Crippen molar-refractivity contribution < 1.29 is 8.42 Å². The highest BCUT2D eigenvalue weighted by Crippen LogP contribution is 2.20. The summed E-state index contributed by atoms with van der Waals surface area (Å²) in [5.41, 5.74) is 5.53. The Hall–Kier alpha value is -0.240. The molecule has 88 valence electrons. The lowest BCUT2D eigenvalue weighted by molar-refractivity contribution is 0.300. The lowest BCUT2D eigenvalue weighted by atomic mass is 9.98. The topological polar surface area (TPSA) is 66.6 Å². The molecule has 1 fully saturated rings. The van der Waals surface area contributed by atoms with E-state index in [4.69, 9.17) is 18.0 Å². The lowest BCUT2D eigenvalue weighted by Crippen LogP contribution is -2.45. The maximum Gasteiger partial charge on any atom is 0.281 e. The summed E-state index contributed by atoms with van der Waals surface area (Å²) in [6.07, 6.45) is 1.45. The molecule has 0 spiro atoms. The van der Waals surface area contributed by atoms with Crippen LogP contribution in [0.15, 0.2) is 0 Å². The first kappa shape index (κ1) is 12.8. The number of nitrogens with two attached hydrogens (primary N) is 1. The van der Waals surface area contributed by atoms with Crippen LogP contribution >= 0.6 is 12.2 Å². The zero-order valence-corrected chi connectivity index (χ0v) is 10.6. The molecule has 2 N–H and O–H groups in total. The van der Waals surface area contributed by atoms with Crippen LogP contribution in [-0.4, -0.2) is 49.2 Å². The summed E-state index contributed by atoms with van der Waals surface area (Å²) in [7, 11) is -0.193. The normalized spacial score (nSPS) is 20.7. The highest BCUT2D eigenvalue weighted by molar-refractivity contribution is 7.86. The van der Waals surface area contributed by atoms with E-state index in [0.717, 1.165) is 12.8 Å². The van der Waals surface area contributed by atoms with Gasteiger partial charge in [-0.2, -0.15) is 17.0 Å². The monoisotopic (exact) mass is 251 g/mol. The van der Waals surface area contributed by atoms with Gasteiger partial charge in [-0.05, 0) is 12.8 Å². The number of piperidine rings is 1. The first-order valence-corrected chi connectivity index (χ1v) is 6.63. The molecule has 0 aromatic carbocycles. The van der Waals surface area contributed by atoms with Gasteiger partial charge >= 0.3 is 0 Å². The van der Waals surface area contributed by atoms with E-state index >= 15 is 0 Å². The summed E-state index contributed by atoms with van der Waals surface area (Å²) in [6.45, 7) is 1.01. The van der Waals surface area contributed by atoms with Gasteiger partial charge in [0.1, 0.15) is 0 Å². The Bertz CT molecular complexity index is 332. The van der Waals surface area contributed by atoms with Crippen molar-refractivity contribution in [3.63, 3.8) is 0 Å². The van der Waals surface area contributed by atoms with Gasteiger partial charge in [-0.1, -0.05) is 12.2 Å². The van der Waals surface area contributed by atoms with Crippen molar-refractivity contribution in [1.82, 2.24) is 8.61 Å². The number of nitrogens with zero attached hydrogens (tertiary/aromatic N) is 2. The largest absolute Gasteiger partial charge is 0.393 e. The first-order valence-electron chi connectivity index (χ1n) is 4.82. The van der Waals surface area contributed by atoms with Gasteiger partial charge in [-0.25, -0.2) is 0 Å². The van der Waals surface area contributed by atoms with Crippen molar-refractivity contribution in [2.24, 2.45) is 11.7 Å². The van der Waals surface area contributed by atoms with Gasteiger partial charge < -0.3 is 5.73 Å². The molecule has 0 aromatic rings. The van der Waals surface area contributed by atoms with E-state index < -0.39 is 10.2 Å². The molecule has 1 aliphatic heterocycles. The third kappa shape index (κ3) is 2.87. The summed E-state index contributed by atoms with van der Waals surface area (Å²) < 4.78 is 26.2. The van der Waals surface area contributed by atoms with E-state index in [1.54, 1.807) is 0 Å². The fourth-order valence-electron chi connectivity index (χ4n) is 1.60. The average molecular weight is 251 g/mol. The molecule has 1 rings (SSSR count). The SMILES string of the molecule is CN(C)S(=O)(=O)N1CCC(C(N)=S)CC1. The molecule has 0 atom stereocenters. The zero-order chi connectivity index (χ0) is 11.6. The van der Waals surface area contributed by atoms with Crippen LogP contribution < -0.4 is 5.73 Å². The maximum atomic E-state index is 11.7. The number of hydrogen-bond donors (Lipinski definition) is 1. The fourth-order valence-corrected chi connectivity index (χ4v) is 2.97. The van der Waals surface area contributed by atoms with Crippen LogP contribution in [-0.2, 0) is 10.2 Å². The Morgan fingerprint density at radius 3 is 2.20 bits per heavy atom. The van der Waals surface area contributed by atoms with Gasteiger partial charge in [0.25, 0.3) is 10.2 Å². The van der Waals surface area contributed by atoms with Gasteiger partial charge in [0.15, 0.2) is 0 Å². The van der Waals surface area contributed by atoms with E-state index in [0.29, 0.717) is 18.1 Å². The van der Waals surface area contributed by atoms with E-state index in [2.05, 4.69) is 0 Å².